The van der Waals surface area contributed by atoms with Gasteiger partial charge in [-0.15, -0.1) is 0 Å². The fourth-order valence-electron chi connectivity index (χ4n) is 3.06. The summed E-state index contributed by atoms with van der Waals surface area (Å²) in [6.07, 6.45) is 0. The van der Waals surface area contributed by atoms with Crippen LogP contribution in [0.25, 0.3) is 0 Å². The van der Waals surface area contributed by atoms with Gasteiger partial charge in [0, 0.05) is 16.7 Å². The molecule has 3 rings (SSSR count). The normalized spacial score (nSPS) is 11.5. The molecular formula is C24H25BrN2O3S. The molecule has 0 saturated carbocycles. The topological polar surface area (TPSA) is 66.5 Å². The zero-order chi connectivity index (χ0) is 22.6. The Balaban J connectivity index is 1.87. The predicted molar refractivity (Wildman–Crippen MR) is 127 cm³/mol. The van der Waals surface area contributed by atoms with E-state index in [9.17, 15) is 13.2 Å². The van der Waals surface area contributed by atoms with E-state index in [1.807, 2.05) is 63.2 Å². The second-order valence-electron chi connectivity index (χ2n) is 7.56. The summed E-state index contributed by atoms with van der Waals surface area (Å²) in [6.45, 7) is 5.73. The molecule has 0 aromatic heterocycles. The van der Waals surface area contributed by atoms with Crippen LogP contribution in [0, 0.1) is 20.8 Å². The van der Waals surface area contributed by atoms with Gasteiger partial charge in [0.25, 0.3) is 0 Å². The van der Waals surface area contributed by atoms with E-state index in [4.69, 9.17) is 0 Å². The van der Waals surface area contributed by atoms with Crippen molar-refractivity contribution in [3.8, 4) is 0 Å². The summed E-state index contributed by atoms with van der Waals surface area (Å²) in [6, 6.07) is 19.6. The minimum atomic E-state index is -3.88. The Morgan fingerprint density at radius 2 is 1.55 bits per heavy atom. The highest BCUT2D eigenvalue weighted by atomic mass is 79.9. The van der Waals surface area contributed by atoms with Gasteiger partial charge in [-0.05, 0) is 73.9 Å². The molecule has 0 bridgehead atoms. The van der Waals surface area contributed by atoms with Gasteiger partial charge in [-0.1, -0.05) is 51.8 Å². The lowest BCUT2D eigenvalue weighted by Gasteiger charge is -2.22. The molecule has 0 aliphatic carbocycles. The molecule has 3 aromatic rings. The quantitative estimate of drug-likeness (QED) is 0.484. The molecule has 31 heavy (non-hydrogen) atoms. The number of carbonyl (C=O) groups is 1. The first-order valence-electron chi connectivity index (χ1n) is 9.83. The van der Waals surface area contributed by atoms with E-state index in [0.29, 0.717) is 5.69 Å². The van der Waals surface area contributed by atoms with Crippen LogP contribution < -0.4 is 5.32 Å². The van der Waals surface area contributed by atoms with Gasteiger partial charge in [0.1, 0.15) is 0 Å². The van der Waals surface area contributed by atoms with Crippen LogP contribution in [0.4, 0.5) is 5.69 Å². The van der Waals surface area contributed by atoms with E-state index in [1.54, 1.807) is 12.1 Å². The largest absolute Gasteiger partial charge is 0.325 e. The van der Waals surface area contributed by atoms with Crippen LogP contribution in [0.2, 0.25) is 0 Å². The lowest BCUT2D eigenvalue weighted by atomic mass is 10.1. The average Bonchev–Trinajstić information content (AvgIpc) is 2.72. The Bertz CT molecular complexity index is 1170. The average molecular weight is 501 g/mol. The van der Waals surface area contributed by atoms with Crippen molar-refractivity contribution >= 4 is 37.5 Å². The molecule has 0 radical (unpaired) electrons. The van der Waals surface area contributed by atoms with Crippen molar-refractivity contribution in [2.24, 2.45) is 0 Å². The molecule has 0 spiro atoms. The maximum absolute atomic E-state index is 13.3. The maximum Gasteiger partial charge on any atom is 0.243 e. The van der Waals surface area contributed by atoms with Crippen molar-refractivity contribution in [3.63, 3.8) is 0 Å². The fraction of sp³-hybridized carbons (Fsp3) is 0.208. The molecule has 0 aliphatic rings. The molecule has 0 saturated heterocycles. The summed E-state index contributed by atoms with van der Waals surface area (Å²) in [7, 11) is -3.88. The van der Waals surface area contributed by atoms with Crippen LogP contribution in [0.3, 0.4) is 0 Å². The third kappa shape index (κ3) is 6.03. The summed E-state index contributed by atoms with van der Waals surface area (Å²) in [5.41, 5.74) is 4.71. The number of sulfonamides is 1. The van der Waals surface area contributed by atoms with Crippen LogP contribution >= 0.6 is 15.9 Å². The number of nitrogens with one attached hydrogen (secondary N) is 1. The van der Waals surface area contributed by atoms with Crippen molar-refractivity contribution in [1.82, 2.24) is 4.31 Å². The Morgan fingerprint density at radius 1 is 0.903 bits per heavy atom. The van der Waals surface area contributed by atoms with E-state index >= 15 is 0 Å². The van der Waals surface area contributed by atoms with E-state index in [1.165, 1.54) is 16.4 Å². The number of nitrogens with zero attached hydrogens (tertiary/aromatic N) is 1. The zero-order valence-electron chi connectivity index (χ0n) is 17.7. The summed E-state index contributed by atoms with van der Waals surface area (Å²) in [5, 5.41) is 2.82. The summed E-state index contributed by atoms with van der Waals surface area (Å²) in [4.78, 5) is 12.9. The minimum absolute atomic E-state index is 0.0963. The van der Waals surface area contributed by atoms with E-state index in [2.05, 4.69) is 21.2 Å². The van der Waals surface area contributed by atoms with Gasteiger partial charge >= 0.3 is 0 Å². The number of rotatable bonds is 7. The molecular weight excluding hydrogens is 476 g/mol. The SMILES string of the molecule is Cc1ccc(CN(CC(=O)Nc2ccc(C)c(C)c2)S(=O)(=O)c2ccc(Br)cc2)cc1. The summed E-state index contributed by atoms with van der Waals surface area (Å²) < 4.78 is 28.7. The molecule has 0 atom stereocenters. The molecule has 7 heteroatoms. The number of benzene rings is 3. The van der Waals surface area contributed by atoms with Crippen LogP contribution in [-0.4, -0.2) is 25.2 Å². The number of hydrogen-bond donors (Lipinski definition) is 1. The molecule has 3 aromatic carbocycles. The molecule has 1 N–H and O–H groups in total. The molecule has 0 unspecified atom stereocenters. The third-order valence-electron chi connectivity index (χ3n) is 5.04. The molecule has 1 amide bonds. The van der Waals surface area contributed by atoms with Crippen LogP contribution in [0.1, 0.15) is 22.3 Å². The van der Waals surface area contributed by atoms with Crippen molar-refractivity contribution in [2.75, 3.05) is 11.9 Å². The number of hydrogen-bond acceptors (Lipinski definition) is 3. The molecule has 0 fully saturated rings. The van der Waals surface area contributed by atoms with E-state index < -0.39 is 15.9 Å². The first-order valence-corrected chi connectivity index (χ1v) is 12.1. The van der Waals surface area contributed by atoms with Crippen molar-refractivity contribution in [2.45, 2.75) is 32.2 Å². The number of carbonyl (C=O) groups excluding carboxylic acids is 1. The second-order valence-corrected chi connectivity index (χ2v) is 10.4. The van der Waals surface area contributed by atoms with Crippen molar-refractivity contribution < 1.29 is 13.2 Å². The van der Waals surface area contributed by atoms with Crippen LogP contribution in [-0.2, 0) is 21.4 Å². The lowest BCUT2D eigenvalue weighted by molar-refractivity contribution is -0.116. The molecule has 162 valence electrons. The number of aryl methyl sites for hydroxylation is 3. The summed E-state index contributed by atoms with van der Waals surface area (Å²) in [5.74, 6) is -0.393. The van der Waals surface area contributed by atoms with Gasteiger partial charge in [-0.3, -0.25) is 4.79 Å². The number of amides is 1. The first-order chi connectivity index (χ1) is 14.6. The first kappa shape index (κ1) is 23.2. The Labute approximate surface area is 192 Å². The van der Waals surface area contributed by atoms with E-state index in [0.717, 1.165) is 26.7 Å². The van der Waals surface area contributed by atoms with Gasteiger partial charge in [-0.25, -0.2) is 8.42 Å². The highest BCUT2D eigenvalue weighted by Crippen LogP contribution is 2.21. The number of anilines is 1. The smallest absolute Gasteiger partial charge is 0.243 e. The zero-order valence-corrected chi connectivity index (χ0v) is 20.1. The van der Waals surface area contributed by atoms with Crippen LogP contribution in [0.15, 0.2) is 76.1 Å². The summed E-state index contributed by atoms with van der Waals surface area (Å²) >= 11 is 3.33. The third-order valence-corrected chi connectivity index (χ3v) is 7.38. The Morgan fingerprint density at radius 3 is 2.16 bits per heavy atom. The van der Waals surface area contributed by atoms with Gasteiger partial charge in [-0.2, -0.15) is 4.31 Å². The monoisotopic (exact) mass is 500 g/mol. The van der Waals surface area contributed by atoms with Gasteiger partial charge in [0.2, 0.25) is 15.9 Å². The number of halogens is 1. The molecule has 5 nitrogen and oxygen atoms in total. The van der Waals surface area contributed by atoms with Crippen molar-refractivity contribution in [1.29, 1.82) is 0 Å². The Hall–Kier alpha value is -2.48. The Kier molecular flexibility index (Phi) is 7.30. The predicted octanol–water partition coefficient (Wildman–Crippen LogP) is 5.20. The van der Waals surface area contributed by atoms with Gasteiger partial charge in [0.05, 0.1) is 11.4 Å². The maximum atomic E-state index is 13.3. The molecule has 0 aliphatic heterocycles. The van der Waals surface area contributed by atoms with Crippen molar-refractivity contribution in [3.05, 3.63) is 93.5 Å². The highest BCUT2D eigenvalue weighted by Gasteiger charge is 2.27. The molecule has 0 heterocycles. The minimum Gasteiger partial charge on any atom is -0.325 e. The fourth-order valence-corrected chi connectivity index (χ4v) is 4.71. The van der Waals surface area contributed by atoms with E-state index in [-0.39, 0.29) is 18.0 Å². The van der Waals surface area contributed by atoms with Gasteiger partial charge in [0.15, 0.2) is 0 Å². The van der Waals surface area contributed by atoms with Gasteiger partial charge < -0.3 is 5.32 Å². The second kappa shape index (κ2) is 9.77. The standard InChI is InChI=1S/C24H25BrN2O3S/c1-17-4-7-20(8-5-17)15-27(31(29,30)23-12-9-21(25)10-13-23)16-24(28)26-22-11-6-18(2)19(3)14-22/h4-14H,15-16H2,1-3H3,(H,26,28). The lowest BCUT2D eigenvalue weighted by Crippen LogP contribution is -2.37. The van der Waals surface area contributed by atoms with Crippen LogP contribution in [0.5, 0.6) is 0 Å². The highest BCUT2D eigenvalue weighted by molar-refractivity contribution is 9.10.